The van der Waals surface area contributed by atoms with E-state index >= 15 is 0 Å². The summed E-state index contributed by atoms with van der Waals surface area (Å²) in [5.41, 5.74) is 1.16. The third-order valence-electron chi connectivity index (χ3n) is 4.12. The normalized spacial score (nSPS) is 14.7. The number of nitrogens with zero attached hydrogens (tertiary/aromatic N) is 5. The molecule has 0 unspecified atom stereocenters. The van der Waals surface area contributed by atoms with Gasteiger partial charge in [0.25, 0.3) is 0 Å². The lowest BCUT2D eigenvalue weighted by Gasteiger charge is -2.36. The number of carbonyl (C=O) groups excluding carboxylic acids is 1. The molecule has 2 aromatic rings. The van der Waals surface area contributed by atoms with E-state index in [-0.39, 0.29) is 0 Å². The van der Waals surface area contributed by atoms with Crippen LogP contribution in [0.3, 0.4) is 0 Å². The van der Waals surface area contributed by atoms with Gasteiger partial charge in [0.2, 0.25) is 0 Å². The molecule has 0 aliphatic carbocycles. The lowest BCUT2D eigenvalue weighted by atomic mass is 10.2. The van der Waals surface area contributed by atoms with E-state index in [1.807, 2.05) is 38.4 Å². The molecule has 0 atom stereocenters. The highest BCUT2D eigenvalue weighted by Crippen LogP contribution is 2.33. The number of hydrogen-bond acceptors (Lipinski definition) is 7. The zero-order valence-electron chi connectivity index (χ0n) is 15.6. The Hall–Kier alpha value is -2.32. The van der Waals surface area contributed by atoms with Gasteiger partial charge in [0, 0.05) is 51.0 Å². The second kappa shape index (κ2) is 8.58. The van der Waals surface area contributed by atoms with Gasteiger partial charge in [-0.1, -0.05) is 22.9 Å². The number of aliphatic imine (C=N–C) groups is 1. The smallest absolute Gasteiger partial charge is 0.352 e. The molecule has 0 radical (unpaired) electrons. The van der Waals surface area contributed by atoms with Gasteiger partial charge in [0.15, 0.2) is 15.8 Å². The lowest BCUT2D eigenvalue weighted by Crippen LogP contribution is -2.46. The maximum Gasteiger partial charge on any atom is 0.352 e. The minimum atomic E-state index is -0.413. The zero-order chi connectivity index (χ0) is 19.4. The maximum atomic E-state index is 12.1. The molecular weight excluding hydrogens is 386 g/mol. The highest BCUT2D eigenvalue weighted by Gasteiger charge is 2.24. The number of halogens is 1. The summed E-state index contributed by atoms with van der Waals surface area (Å²) in [7, 11) is 5.10. The fourth-order valence-electron chi connectivity index (χ4n) is 2.73. The number of hydrogen-bond donors (Lipinski definition) is 0. The third kappa shape index (κ3) is 4.70. The molecule has 9 heteroatoms. The van der Waals surface area contributed by atoms with Crippen molar-refractivity contribution in [3.63, 3.8) is 0 Å². The Morgan fingerprint density at radius 1 is 1.22 bits per heavy atom. The van der Waals surface area contributed by atoms with Crippen LogP contribution in [-0.2, 0) is 4.74 Å². The fourth-order valence-corrected chi connectivity index (χ4v) is 3.84. The molecule has 144 valence electrons. The summed E-state index contributed by atoms with van der Waals surface area (Å²) in [6, 6.07) is 7.87. The number of rotatable bonds is 5. The van der Waals surface area contributed by atoms with Gasteiger partial charge >= 0.3 is 5.97 Å². The van der Waals surface area contributed by atoms with Crippen LogP contribution >= 0.6 is 22.9 Å². The average molecular weight is 408 g/mol. The van der Waals surface area contributed by atoms with Crippen molar-refractivity contribution < 1.29 is 9.53 Å². The molecule has 27 heavy (non-hydrogen) atoms. The first-order valence-corrected chi connectivity index (χ1v) is 9.72. The van der Waals surface area contributed by atoms with Crippen LogP contribution in [0.15, 0.2) is 29.3 Å². The van der Waals surface area contributed by atoms with Crippen LogP contribution in [0.4, 0.5) is 16.6 Å². The number of carbonyl (C=O) groups is 1. The highest BCUT2D eigenvalue weighted by molar-refractivity contribution is 7.18. The van der Waals surface area contributed by atoms with E-state index in [0.29, 0.717) is 10.7 Å². The molecule has 1 fully saturated rings. The topological polar surface area (TPSA) is 61.3 Å². The van der Waals surface area contributed by atoms with Crippen LogP contribution in [0.1, 0.15) is 9.67 Å². The molecule has 0 saturated carbocycles. The molecule has 1 saturated heterocycles. The Kier molecular flexibility index (Phi) is 6.18. The van der Waals surface area contributed by atoms with Crippen molar-refractivity contribution in [2.45, 2.75) is 0 Å². The number of piperazine rings is 1. The Balaban J connectivity index is 1.73. The Bertz CT molecular complexity index is 814. The zero-order valence-corrected chi connectivity index (χ0v) is 17.1. The SMILES string of the molecule is COC(=O)c1sc(N2CCN(c3ccc(Cl)cc3)CC2)nc1N=CN(C)C. The van der Waals surface area contributed by atoms with Gasteiger partial charge in [-0.25, -0.2) is 9.79 Å². The summed E-state index contributed by atoms with van der Waals surface area (Å²) in [6.45, 7) is 3.36. The standard InChI is InChI=1S/C18H22ClN5O2S/c1-22(2)12-20-16-15(17(25)26-3)27-18(21-16)24-10-8-23(9-11-24)14-6-4-13(19)5-7-14/h4-7,12H,8-11H2,1-3H3. The van der Waals surface area contributed by atoms with E-state index in [2.05, 4.69) is 19.8 Å². The molecular formula is C18H22ClN5O2S. The molecule has 1 aromatic heterocycles. The predicted molar refractivity (Wildman–Crippen MR) is 111 cm³/mol. The van der Waals surface area contributed by atoms with Gasteiger partial charge in [0.1, 0.15) is 0 Å². The van der Waals surface area contributed by atoms with E-state index in [1.165, 1.54) is 18.4 Å². The summed E-state index contributed by atoms with van der Waals surface area (Å²) in [5.74, 6) is -0.0138. The number of ether oxygens (including phenoxy) is 1. The van der Waals surface area contributed by atoms with Crippen molar-refractivity contribution in [2.24, 2.45) is 4.99 Å². The summed E-state index contributed by atoms with van der Waals surface area (Å²) < 4.78 is 4.88. The number of aromatic nitrogens is 1. The van der Waals surface area contributed by atoms with Crippen molar-refractivity contribution in [2.75, 3.05) is 57.2 Å². The van der Waals surface area contributed by atoms with Gasteiger partial charge in [-0.05, 0) is 24.3 Å². The second-order valence-corrected chi connectivity index (χ2v) is 7.71. The Labute approximate surface area is 167 Å². The third-order valence-corrected chi connectivity index (χ3v) is 5.46. The van der Waals surface area contributed by atoms with Crippen LogP contribution in [-0.4, -0.2) is 69.6 Å². The number of methoxy groups -OCH3 is 1. The molecule has 2 heterocycles. The van der Waals surface area contributed by atoms with Gasteiger partial charge in [-0.15, -0.1) is 0 Å². The largest absolute Gasteiger partial charge is 0.465 e. The summed E-state index contributed by atoms with van der Waals surface area (Å²) in [4.78, 5) is 27.7. The maximum absolute atomic E-state index is 12.1. The van der Waals surface area contributed by atoms with E-state index in [0.717, 1.165) is 42.0 Å². The molecule has 0 spiro atoms. The van der Waals surface area contributed by atoms with Crippen LogP contribution in [0, 0.1) is 0 Å². The van der Waals surface area contributed by atoms with Gasteiger partial charge in [0.05, 0.1) is 13.4 Å². The molecule has 0 bridgehead atoms. The molecule has 0 amide bonds. The van der Waals surface area contributed by atoms with Crippen LogP contribution < -0.4 is 9.80 Å². The summed E-state index contributed by atoms with van der Waals surface area (Å²) in [6.07, 6.45) is 1.63. The van der Waals surface area contributed by atoms with E-state index in [1.54, 1.807) is 11.2 Å². The van der Waals surface area contributed by atoms with E-state index in [9.17, 15) is 4.79 Å². The van der Waals surface area contributed by atoms with Crippen LogP contribution in [0.5, 0.6) is 0 Å². The number of esters is 1. The van der Waals surface area contributed by atoms with E-state index in [4.69, 9.17) is 16.3 Å². The molecule has 7 nitrogen and oxygen atoms in total. The molecule has 1 aromatic carbocycles. The van der Waals surface area contributed by atoms with Crippen LogP contribution in [0.2, 0.25) is 5.02 Å². The van der Waals surface area contributed by atoms with Gasteiger partial charge < -0.3 is 19.4 Å². The van der Waals surface area contributed by atoms with Crippen molar-refractivity contribution in [3.05, 3.63) is 34.2 Å². The van der Waals surface area contributed by atoms with Crippen molar-refractivity contribution in [3.8, 4) is 0 Å². The second-order valence-electron chi connectivity index (χ2n) is 6.30. The van der Waals surface area contributed by atoms with Gasteiger partial charge in [-0.3, -0.25) is 0 Å². The van der Waals surface area contributed by atoms with Crippen molar-refractivity contribution in [1.29, 1.82) is 0 Å². The highest BCUT2D eigenvalue weighted by atomic mass is 35.5. The Morgan fingerprint density at radius 3 is 2.44 bits per heavy atom. The monoisotopic (exact) mass is 407 g/mol. The number of thiazole rings is 1. The summed E-state index contributed by atoms with van der Waals surface area (Å²) >= 11 is 7.29. The summed E-state index contributed by atoms with van der Waals surface area (Å²) in [5, 5.41) is 1.53. The Morgan fingerprint density at radius 2 is 1.85 bits per heavy atom. The average Bonchev–Trinajstić information content (AvgIpc) is 3.11. The first kappa shape index (κ1) is 19.4. The molecule has 0 N–H and O–H groups in total. The van der Waals surface area contributed by atoms with E-state index < -0.39 is 5.97 Å². The van der Waals surface area contributed by atoms with Gasteiger partial charge in [-0.2, -0.15) is 4.98 Å². The van der Waals surface area contributed by atoms with Crippen LogP contribution in [0.25, 0.3) is 0 Å². The number of benzene rings is 1. The minimum Gasteiger partial charge on any atom is -0.465 e. The molecule has 1 aliphatic heterocycles. The lowest BCUT2D eigenvalue weighted by molar-refractivity contribution is 0.0607. The molecule has 1 aliphatic rings. The first-order valence-electron chi connectivity index (χ1n) is 8.53. The van der Waals surface area contributed by atoms with Crippen molar-refractivity contribution in [1.82, 2.24) is 9.88 Å². The number of anilines is 2. The quantitative estimate of drug-likeness (QED) is 0.431. The van der Waals surface area contributed by atoms with Crippen molar-refractivity contribution >= 4 is 51.9 Å². The minimum absolute atomic E-state index is 0.399. The first-order chi connectivity index (χ1) is 13.0. The predicted octanol–water partition coefficient (Wildman–Crippen LogP) is 3.13. The fraction of sp³-hybridized carbons (Fsp3) is 0.389. The molecule has 3 rings (SSSR count).